The first-order valence-electron chi connectivity index (χ1n) is 7.02. The molecule has 3 heteroatoms. The maximum Gasteiger partial charge on any atom is 0.219 e. The van der Waals surface area contributed by atoms with Crippen LogP contribution in [-0.2, 0) is 11.3 Å². The Hall–Kier alpha value is -2.52. The van der Waals surface area contributed by atoms with E-state index in [9.17, 15) is 0 Å². The first kappa shape index (κ1) is 15.9. The molecule has 0 bridgehead atoms. The minimum absolute atomic E-state index is 0.455. The van der Waals surface area contributed by atoms with E-state index in [1.165, 1.54) is 0 Å². The van der Waals surface area contributed by atoms with Gasteiger partial charge in [0.05, 0.1) is 13.7 Å². The monoisotopic (exact) mass is 296 g/mol. The van der Waals surface area contributed by atoms with Gasteiger partial charge in [0.2, 0.25) is 6.29 Å². The summed E-state index contributed by atoms with van der Waals surface area (Å²) in [4.78, 5) is 0. The zero-order chi connectivity index (χ0) is 15.8. The highest BCUT2D eigenvalue weighted by atomic mass is 16.7. The Kier molecular flexibility index (Phi) is 5.81. The smallest absolute Gasteiger partial charge is 0.219 e. The molecule has 0 fully saturated rings. The summed E-state index contributed by atoms with van der Waals surface area (Å²) < 4.78 is 16.8. The fourth-order valence-electron chi connectivity index (χ4n) is 1.95. The minimum Gasteiger partial charge on any atom is -0.497 e. The summed E-state index contributed by atoms with van der Waals surface area (Å²) in [6.45, 7) is 8.01. The molecule has 1 unspecified atom stereocenters. The third-order valence-electron chi connectivity index (χ3n) is 3.13. The van der Waals surface area contributed by atoms with Crippen molar-refractivity contribution in [1.29, 1.82) is 0 Å². The van der Waals surface area contributed by atoms with Crippen LogP contribution in [0.15, 0.2) is 67.8 Å². The van der Waals surface area contributed by atoms with E-state index >= 15 is 0 Å². The van der Waals surface area contributed by atoms with Crippen molar-refractivity contribution in [3.05, 3.63) is 78.9 Å². The van der Waals surface area contributed by atoms with Crippen LogP contribution < -0.4 is 9.47 Å². The van der Waals surface area contributed by atoms with E-state index in [1.54, 1.807) is 19.3 Å². The second kappa shape index (κ2) is 8.05. The predicted octanol–water partition coefficient (Wildman–Crippen LogP) is 4.45. The topological polar surface area (TPSA) is 27.7 Å². The van der Waals surface area contributed by atoms with E-state index in [4.69, 9.17) is 14.2 Å². The van der Waals surface area contributed by atoms with E-state index in [1.807, 2.05) is 48.5 Å². The molecule has 0 aliphatic rings. The molecule has 2 aromatic carbocycles. The Bertz CT molecular complexity index is 620. The van der Waals surface area contributed by atoms with Crippen LogP contribution in [0, 0.1) is 0 Å². The van der Waals surface area contributed by atoms with Crippen molar-refractivity contribution >= 4 is 6.08 Å². The van der Waals surface area contributed by atoms with Crippen LogP contribution in [0.5, 0.6) is 11.5 Å². The molecule has 0 saturated heterocycles. The average molecular weight is 296 g/mol. The fourth-order valence-corrected chi connectivity index (χ4v) is 1.95. The van der Waals surface area contributed by atoms with Gasteiger partial charge in [0.1, 0.15) is 11.5 Å². The number of ether oxygens (including phenoxy) is 3. The Labute approximate surface area is 131 Å². The molecule has 2 aromatic rings. The molecule has 0 aliphatic heterocycles. The summed E-state index contributed by atoms with van der Waals surface area (Å²) in [5.41, 5.74) is 1.92. The zero-order valence-electron chi connectivity index (χ0n) is 12.7. The number of hydrogen-bond donors (Lipinski definition) is 0. The van der Waals surface area contributed by atoms with Crippen molar-refractivity contribution in [3.8, 4) is 11.5 Å². The lowest BCUT2D eigenvalue weighted by molar-refractivity contribution is -0.0554. The normalized spacial score (nSPS) is 11.5. The van der Waals surface area contributed by atoms with Crippen LogP contribution in [0.25, 0.3) is 6.08 Å². The molecule has 0 saturated carbocycles. The molecule has 0 aromatic heterocycles. The van der Waals surface area contributed by atoms with E-state index in [0.717, 1.165) is 16.9 Å². The lowest BCUT2D eigenvalue weighted by atomic mass is 10.2. The van der Waals surface area contributed by atoms with Crippen LogP contribution in [0.2, 0.25) is 0 Å². The van der Waals surface area contributed by atoms with Crippen molar-refractivity contribution in [1.82, 2.24) is 0 Å². The van der Waals surface area contributed by atoms with Gasteiger partial charge in [-0.1, -0.05) is 49.6 Å². The van der Waals surface area contributed by atoms with E-state index < -0.39 is 6.29 Å². The first-order chi connectivity index (χ1) is 10.8. The lowest BCUT2D eigenvalue weighted by Crippen LogP contribution is -2.18. The van der Waals surface area contributed by atoms with E-state index in [2.05, 4.69) is 13.2 Å². The van der Waals surface area contributed by atoms with Gasteiger partial charge in [0, 0.05) is 5.56 Å². The summed E-state index contributed by atoms with van der Waals surface area (Å²) in [6, 6.07) is 15.4. The second-order valence-electron chi connectivity index (χ2n) is 4.63. The lowest BCUT2D eigenvalue weighted by Gasteiger charge is -2.18. The molecular formula is C19H20O3. The molecule has 0 aliphatic carbocycles. The molecule has 0 N–H and O–H groups in total. The van der Waals surface area contributed by atoms with Gasteiger partial charge in [-0.3, -0.25) is 0 Å². The minimum atomic E-state index is -0.535. The quantitative estimate of drug-likeness (QED) is 0.532. The maximum atomic E-state index is 5.84. The number of hydrogen-bond acceptors (Lipinski definition) is 3. The van der Waals surface area contributed by atoms with E-state index in [0.29, 0.717) is 12.4 Å². The van der Waals surface area contributed by atoms with Crippen LogP contribution in [-0.4, -0.2) is 13.4 Å². The number of benzene rings is 2. The SMILES string of the molecule is C=Cc1cc(OC)ccc1OC(C=C)OCc1ccccc1. The van der Waals surface area contributed by atoms with Gasteiger partial charge in [-0.2, -0.15) is 0 Å². The predicted molar refractivity (Wildman–Crippen MR) is 88.9 cm³/mol. The first-order valence-corrected chi connectivity index (χ1v) is 7.02. The molecule has 0 heterocycles. The summed E-state index contributed by atoms with van der Waals surface area (Å²) in [7, 11) is 1.62. The van der Waals surface area contributed by atoms with Crippen LogP contribution in [0.3, 0.4) is 0 Å². The molecule has 3 nitrogen and oxygen atoms in total. The maximum absolute atomic E-state index is 5.84. The van der Waals surface area contributed by atoms with Gasteiger partial charge in [-0.15, -0.1) is 0 Å². The van der Waals surface area contributed by atoms with Gasteiger partial charge < -0.3 is 14.2 Å². The Morgan fingerprint density at radius 1 is 1.09 bits per heavy atom. The second-order valence-corrected chi connectivity index (χ2v) is 4.63. The Balaban J connectivity index is 2.03. The number of methoxy groups -OCH3 is 1. The van der Waals surface area contributed by atoms with Crippen molar-refractivity contribution < 1.29 is 14.2 Å². The van der Waals surface area contributed by atoms with Crippen LogP contribution in [0.4, 0.5) is 0 Å². The summed E-state index contributed by atoms with van der Waals surface area (Å²) >= 11 is 0. The van der Waals surface area contributed by atoms with Gasteiger partial charge in [-0.25, -0.2) is 0 Å². The molecule has 22 heavy (non-hydrogen) atoms. The van der Waals surface area contributed by atoms with Gasteiger partial charge in [0.25, 0.3) is 0 Å². The molecular weight excluding hydrogens is 276 g/mol. The summed E-state index contributed by atoms with van der Waals surface area (Å²) in [5, 5.41) is 0. The highest BCUT2D eigenvalue weighted by Crippen LogP contribution is 2.26. The zero-order valence-corrected chi connectivity index (χ0v) is 12.7. The fraction of sp³-hybridized carbons (Fsp3) is 0.158. The standard InChI is InChI=1S/C19H20O3/c1-4-16-13-17(20-3)11-12-18(16)22-19(5-2)21-14-15-9-7-6-8-10-15/h4-13,19H,1-2,14H2,3H3. The van der Waals surface area contributed by atoms with Crippen LogP contribution >= 0.6 is 0 Å². The van der Waals surface area contributed by atoms with Crippen molar-refractivity contribution in [2.75, 3.05) is 7.11 Å². The molecule has 1 atom stereocenters. The third kappa shape index (κ3) is 4.24. The highest BCUT2D eigenvalue weighted by Gasteiger charge is 2.10. The molecule has 0 amide bonds. The summed E-state index contributed by atoms with van der Waals surface area (Å²) in [6.07, 6.45) is 2.81. The van der Waals surface area contributed by atoms with Crippen LogP contribution in [0.1, 0.15) is 11.1 Å². The average Bonchev–Trinajstić information content (AvgIpc) is 2.59. The number of rotatable bonds is 8. The third-order valence-corrected chi connectivity index (χ3v) is 3.13. The highest BCUT2D eigenvalue weighted by molar-refractivity contribution is 5.58. The van der Waals surface area contributed by atoms with Crippen molar-refractivity contribution in [3.63, 3.8) is 0 Å². The Morgan fingerprint density at radius 2 is 1.86 bits per heavy atom. The molecule has 0 radical (unpaired) electrons. The van der Waals surface area contributed by atoms with E-state index in [-0.39, 0.29) is 0 Å². The van der Waals surface area contributed by atoms with Gasteiger partial charge >= 0.3 is 0 Å². The van der Waals surface area contributed by atoms with Crippen molar-refractivity contribution in [2.24, 2.45) is 0 Å². The molecule has 2 rings (SSSR count). The molecule has 0 spiro atoms. The summed E-state index contributed by atoms with van der Waals surface area (Å²) in [5.74, 6) is 1.43. The van der Waals surface area contributed by atoms with Gasteiger partial charge in [-0.05, 0) is 29.8 Å². The largest absolute Gasteiger partial charge is 0.497 e. The van der Waals surface area contributed by atoms with Crippen molar-refractivity contribution in [2.45, 2.75) is 12.9 Å². The molecule has 114 valence electrons. The Morgan fingerprint density at radius 3 is 2.50 bits per heavy atom. The van der Waals surface area contributed by atoms with Gasteiger partial charge in [0.15, 0.2) is 0 Å².